The number of aliphatic hydroxyl groups excluding tert-OH is 2. The molecule has 6 nitrogen and oxygen atoms in total. The van der Waals surface area contributed by atoms with Crippen LogP contribution < -0.4 is 17.2 Å². The van der Waals surface area contributed by atoms with Crippen molar-refractivity contribution in [3.05, 3.63) is 12.2 Å². The van der Waals surface area contributed by atoms with Gasteiger partial charge in [-0.15, -0.1) is 0 Å². The van der Waals surface area contributed by atoms with Gasteiger partial charge in [0.05, 0.1) is 18.8 Å². The molecule has 0 aliphatic heterocycles. The summed E-state index contributed by atoms with van der Waals surface area (Å²) in [6.07, 6.45) is 18.8. The first-order chi connectivity index (χ1) is 12.0. The molecule has 0 aromatic heterocycles. The molecule has 150 valence electrons. The lowest BCUT2D eigenvalue weighted by Gasteiger charge is -2.11. The standard InChI is InChI=1S/C18H37NO2.CH5N3/c1-2-3-4-5-6-7-8-9-10-11-12-13-14-15-18(21)17(19)16-20;2-1(3)4/h14-15,17-18,20-21H,2-13,16,19H2,1H3;(H5,2,3,4)/b15-14+;/t17-,18+;/m0./s1. The average molecular weight is 359 g/mol. The number of aliphatic hydroxyl groups is 2. The number of hydrogen-bond acceptors (Lipinski definition) is 4. The molecule has 0 aromatic carbocycles. The van der Waals surface area contributed by atoms with Crippen LogP contribution in [0.15, 0.2) is 12.2 Å². The Kier molecular flexibility index (Phi) is 21.9. The molecule has 0 rings (SSSR count). The summed E-state index contributed by atoms with van der Waals surface area (Å²) < 4.78 is 0. The Hall–Kier alpha value is -1.11. The molecule has 0 fully saturated rings. The third kappa shape index (κ3) is 25.2. The van der Waals surface area contributed by atoms with Crippen LogP contribution in [0, 0.1) is 5.41 Å². The van der Waals surface area contributed by atoms with Crippen molar-refractivity contribution in [1.29, 1.82) is 5.41 Å². The van der Waals surface area contributed by atoms with Crippen LogP contribution in [0.3, 0.4) is 0 Å². The minimum Gasteiger partial charge on any atom is -0.395 e. The second-order valence-corrected chi connectivity index (χ2v) is 6.54. The van der Waals surface area contributed by atoms with Gasteiger partial charge in [-0.3, -0.25) is 5.41 Å². The number of allylic oxidation sites excluding steroid dienone is 1. The van der Waals surface area contributed by atoms with E-state index in [0.29, 0.717) is 0 Å². The highest BCUT2D eigenvalue weighted by Gasteiger charge is 2.08. The SMILES string of the molecule is CCCCCCCCCCCCC/C=C/[C@@H](O)[C@@H](N)CO.N=C(N)N. The molecule has 0 radical (unpaired) electrons. The molecule has 0 aromatic rings. The number of guanidine groups is 1. The molecular weight excluding hydrogens is 316 g/mol. The summed E-state index contributed by atoms with van der Waals surface area (Å²) in [6, 6.07) is -0.557. The van der Waals surface area contributed by atoms with Crippen LogP contribution in [0.25, 0.3) is 0 Å². The van der Waals surface area contributed by atoms with Crippen LogP contribution in [0.5, 0.6) is 0 Å². The zero-order chi connectivity index (χ0) is 19.3. The number of unbranched alkanes of at least 4 members (excludes halogenated alkanes) is 11. The van der Waals surface area contributed by atoms with E-state index in [4.69, 9.17) is 16.2 Å². The van der Waals surface area contributed by atoms with Crippen molar-refractivity contribution in [2.45, 2.75) is 96.1 Å². The Bertz CT molecular complexity index is 308. The Balaban J connectivity index is 0. The predicted octanol–water partition coefficient (Wildman–Crippen LogP) is 2.76. The second-order valence-electron chi connectivity index (χ2n) is 6.54. The van der Waals surface area contributed by atoms with E-state index in [1.165, 1.54) is 70.6 Å². The quantitative estimate of drug-likeness (QED) is 0.115. The van der Waals surface area contributed by atoms with Crippen molar-refractivity contribution in [2.75, 3.05) is 6.61 Å². The summed E-state index contributed by atoms with van der Waals surface area (Å²) in [5.74, 6) is -0.333. The summed E-state index contributed by atoms with van der Waals surface area (Å²) in [5.41, 5.74) is 14.5. The van der Waals surface area contributed by atoms with Crippen LogP contribution in [0.4, 0.5) is 0 Å². The van der Waals surface area contributed by atoms with Crippen LogP contribution in [0.2, 0.25) is 0 Å². The van der Waals surface area contributed by atoms with Crippen LogP contribution in [-0.4, -0.2) is 34.9 Å². The van der Waals surface area contributed by atoms with Crippen molar-refractivity contribution < 1.29 is 10.2 Å². The first kappa shape index (κ1) is 26.1. The number of rotatable bonds is 15. The van der Waals surface area contributed by atoms with Crippen molar-refractivity contribution in [3.8, 4) is 0 Å². The molecule has 0 spiro atoms. The Labute approximate surface area is 154 Å². The monoisotopic (exact) mass is 358 g/mol. The van der Waals surface area contributed by atoms with Gasteiger partial charge in [-0.1, -0.05) is 83.3 Å². The fourth-order valence-corrected chi connectivity index (χ4v) is 2.41. The largest absolute Gasteiger partial charge is 0.395 e. The Morgan fingerprint density at radius 2 is 1.32 bits per heavy atom. The van der Waals surface area contributed by atoms with Crippen molar-refractivity contribution in [3.63, 3.8) is 0 Å². The molecule has 25 heavy (non-hydrogen) atoms. The number of nitrogens with two attached hydrogens (primary N) is 3. The lowest BCUT2D eigenvalue weighted by atomic mass is 10.0. The van der Waals surface area contributed by atoms with E-state index >= 15 is 0 Å². The smallest absolute Gasteiger partial charge is 0.183 e. The molecule has 9 N–H and O–H groups in total. The normalized spacial score (nSPS) is 13.3. The molecule has 0 unspecified atom stereocenters. The van der Waals surface area contributed by atoms with Gasteiger partial charge in [0.15, 0.2) is 5.96 Å². The number of nitrogens with one attached hydrogen (secondary N) is 1. The summed E-state index contributed by atoms with van der Waals surface area (Å²) >= 11 is 0. The maximum atomic E-state index is 9.52. The topological polar surface area (TPSA) is 142 Å². The molecule has 0 saturated carbocycles. The van der Waals surface area contributed by atoms with Gasteiger partial charge in [-0.2, -0.15) is 0 Å². The third-order valence-corrected chi connectivity index (χ3v) is 3.96. The van der Waals surface area contributed by atoms with E-state index in [9.17, 15) is 5.11 Å². The van der Waals surface area contributed by atoms with Gasteiger partial charge in [0.2, 0.25) is 0 Å². The van der Waals surface area contributed by atoms with E-state index in [1.807, 2.05) is 6.08 Å². The molecule has 6 heteroatoms. The van der Waals surface area contributed by atoms with Crippen molar-refractivity contribution in [1.82, 2.24) is 0 Å². The summed E-state index contributed by atoms with van der Waals surface area (Å²) in [7, 11) is 0. The van der Waals surface area contributed by atoms with Gasteiger partial charge in [0.25, 0.3) is 0 Å². The molecular formula is C19H42N4O2. The molecule has 0 aliphatic carbocycles. The van der Waals surface area contributed by atoms with Crippen LogP contribution in [0.1, 0.15) is 84.0 Å². The highest BCUT2D eigenvalue weighted by atomic mass is 16.3. The second kappa shape index (κ2) is 20.9. The number of hydrogen-bond donors (Lipinski definition) is 6. The fourth-order valence-electron chi connectivity index (χ4n) is 2.41. The zero-order valence-electron chi connectivity index (χ0n) is 16.1. The van der Waals surface area contributed by atoms with Gasteiger partial charge in [0.1, 0.15) is 0 Å². The zero-order valence-corrected chi connectivity index (χ0v) is 16.1. The molecule has 2 atom stereocenters. The van der Waals surface area contributed by atoms with Gasteiger partial charge in [0, 0.05) is 0 Å². The first-order valence-corrected chi connectivity index (χ1v) is 9.76. The first-order valence-electron chi connectivity index (χ1n) is 9.76. The van der Waals surface area contributed by atoms with Gasteiger partial charge >= 0.3 is 0 Å². The summed E-state index contributed by atoms with van der Waals surface area (Å²) in [5, 5.41) is 24.4. The van der Waals surface area contributed by atoms with E-state index in [-0.39, 0.29) is 12.6 Å². The van der Waals surface area contributed by atoms with E-state index in [2.05, 4.69) is 18.4 Å². The van der Waals surface area contributed by atoms with Gasteiger partial charge in [-0.05, 0) is 12.8 Å². The predicted molar refractivity (Wildman–Crippen MR) is 107 cm³/mol. The summed E-state index contributed by atoms with van der Waals surface area (Å²) in [4.78, 5) is 0. The maximum absolute atomic E-state index is 9.52. The summed E-state index contributed by atoms with van der Waals surface area (Å²) in [6.45, 7) is 2.08. The van der Waals surface area contributed by atoms with Crippen LogP contribution >= 0.6 is 0 Å². The average Bonchev–Trinajstić information content (AvgIpc) is 2.57. The molecule has 0 saturated heterocycles. The molecule has 0 aliphatic rings. The van der Waals surface area contributed by atoms with Gasteiger partial charge < -0.3 is 27.4 Å². The highest BCUT2D eigenvalue weighted by Crippen LogP contribution is 2.12. The molecule has 0 heterocycles. The minimum absolute atomic E-state index is 0.177. The minimum atomic E-state index is -0.720. The Morgan fingerprint density at radius 3 is 1.72 bits per heavy atom. The Morgan fingerprint density at radius 1 is 0.920 bits per heavy atom. The lowest BCUT2D eigenvalue weighted by molar-refractivity contribution is 0.144. The lowest BCUT2D eigenvalue weighted by Crippen LogP contribution is -2.36. The fraction of sp³-hybridized carbons (Fsp3) is 0.842. The van der Waals surface area contributed by atoms with Gasteiger partial charge in [-0.25, -0.2) is 0 Å². The van der Waals surface area contributed by atoms with Crippen molar-refractivity contribution >= 4 is 5.96 Å². The van der Waals surface area contributed by atoms with Crippen molar-refractivity contribution in [2.24, 2.45) is 17.2 Å². The van der Waals surface area contributed by atoms with E-state index < -0.39 is 12.1 Å². The van der Waals surface area contributed by atoms with E-state index in [1.54, 1.807) is 6.08 Å². The molecule has 0 amide bonds. The highest BCUT2D eigenvalue weighted by molar-refractivity contribution is 5.71. The van der Waals surface area contributed by atoms with E-state index in [0.717, 1.165) is 6.42 Å². The third-order valence-electron chi connectivity index (χ3n) is 3.96. The maximum Gasteiger partial charge on any atom is 0.183 e. The van der Waals surface area contributed by atoms with Crippen LogP contribution in [-0.2, 0) is 0 Å². The molecule has 0 bridgehead atoms.